The lowest BCUT2D eigenvalue weighted by Crippen LogP contribution is -2.54. The van der Waals surface area contributed by atoms with Gasteiger partial charge in [0.25, 0.3) is 0 Å². The van der Waals surface area contributed by atoms with Crippen LogP contribution in [0.25, 0.3) is 0 Å². The molecule has 1 amide bonds. The molecule has 4 aliphatic rings. The number of carbonyl (C=O) groups excluding carboxylic acids is 1. The third-order valence-corrected chi connectivity index (χ3v) is 6.02. The number of rotatable bonds is 6. The molecule has 0 aromatic carbocycles. The third kappa shape index (κ3) is 2.82. The molecule has 0 aromatic rings. The number of nitrogens with one attached hydrogen (secondary N) is 1. The average molecular weight is 293 g/mol. The van der Waals surface area contributed by atoms with Crippen molar-refractivity contribution in [2.24, 2.45) is 29.1 Å². The summed E-state index contributed by atoms with van der Waals surface area (Å²) < 4.78 is 0. The smallest absolute Gasteiger partial charge is 0.308 e. The average Bonchev–Trinajstić information content (AvgIpc) is 2.41. The van der Waals surface area contributed by atoms with Gasteiger partial charge in [0.2, 0.25) is 5.91 Å². The van der Waals surface area contributed by atoms with Crippen molar-refractivity contribution in [1.82, 2.24) is 5.32 Å². The van der Waals surface area contributed by atoms with Crippen LogP contribution in [0.2, 0.25) is 0 Å². The lowest BCUT2D eigenvalue weighted by molar-refractivity contribution is -0.147. The molecule has 4 aliphatic carbocycles. The Morgan fingerprint density at radius 3 is 2.10 bits per heavy atom. The van der Waals surface area contributed by atoms with Crippen LogP contribution >= 0.6 is 0 Å². The van der Waals surface area contributed by atoms with Gasteiger partial charge in [0.05, 0.1) is 5.92 Å². The lowest BCUT2D eigenvalue weighted by atomic mass is 9.49. The largest absolute Gasteiger partial charge is 0.481 e. The summed E-state index contributed by atoms with van der Waals surface area (Å²) in [6.07, 6.45) is 8.55. The monoisotopic (exact) mass is 293 g/mol. The molecule has 4 bridgehead atoms. The van der Waals surface area contributed by atoms with Gasteiger partial charge in [-0.1, -0.05) is 13.3 Å². The summed E-state index contributed by atoms with van der Waals surface area (Å²) in [6.45, 7) is 2.28. The van der Waals surface area contributed by atoms with Crippen molar-refractivity contribution >= 4 is 11.9 Å². The summed E-state index contributed by atoms with van der Waals surface area (Å²) >= 11 is 0. The Kier molecular flexibility index (Phi) is 3.98. The van der Waals surface area contributed by atoms with Gasteiger partial charge in [-0.2, -0.15) is 0 Å². The summed E-state index contributed by atoms with van der Waals surface area (Å²) in [7, 11) is 0. The number of carboxylic acid groups (broad SMARTS) is 1. The van der Waals surface area contributed by atoms with E-state index in [0.717, 1.165) is 43.4 Å². The Balaban J connectivity index is 1.61. The fraction of sp³-hybridized carbons (Fsp3) is 0.882. The highest BCUT2D eigenvalue weighted by Crippen LogP contribution is 2.60. The minimum atomic E-state index is -0.789. The topological polar surface area (TPSA) is 66.4 Å². The Hall–Kier alpha value is -1.06. The highest BCUT2D eigenvalue weighted by Gasteiger charge is 2.54. The molecule has 0 radical (unpaired) electrons. The molecule has 4 nitrogen and oxygen atoms in total. The minimum absolute atomic E-state index is 0.143. The SMILES string of the molecule is CCCC(CNC(=O)C12CC3CC(CC(C3)C1)C2)C(=O)O. The zero-order valence-corrected chi connectivity index (χ0v) is 12.9. The number of aliphatic carboxylic acids is 1. The van der Waals surface area contributed by atoms with E-state index < -0.39 is 11.9 Å². The molecule has 4 rings (SSSR count). The molecule has 4 saturated carbocycles. The van der Waals surface area contributed by atoms with Crippen molar-refractivity contribution in [3.8, 4) is 0 Å². The Bertz CT molecular complexity index is 396. The van der Waals surface area contributed by atoms with Crippen LogP contribution < -0.4 is 5.32 Å². The molecule has 4 heteroatoms. The van der Waals surface area contributed by atoms with Gasteiger partial charge in [-0.25, -0.2) is 0 Å². The lowest BCUT2D eigenvalue weighted by Gasteiger charge is -2.55. The van der Waals surface area contributed by atoms with Crippen LogP contribution in [0.3, 0.4) is 0 Å². The van der Waals surface area contributed by atoms with Gasteiger partial charge >= 0.3 is 5.97 Å². The van der Waals surface area contributed by atoms with E-state index in [-0.39, 0.29) is 11.3 Å². The van der Waals surface area contributed by atoms with Crippen molar-refractivity contribution in [3.63, 3.8) is 0 Å². The van der Waals surface area contributed by atoms with E-state index in [0.29, 0.717) is 13.0 Å². The first-order valence-corrected chi connectivity index (χ1v) is 8.53. The second-order valence-corrected chi connectivity index (χ2v) is 7.73. The maximum atomic E-state index is 12.7. The highest BCUT2D eigenvalue weighted by atomic mass is 16.4. The van der Waals surface area contributed by atoms with Gasteiger partial charge in [0.15, 0.2) is 0 Å². The number of amides is 1. The zero-order valence-electron chi connectivity index (χ0n) is 12.9. The molecule has 0 aliphatic heterocycles. The van der Waals surface area contributed by atoms with Crippen molar-refractivity contribution in [3.05, 3.63) is 0 Å². The molecule has 1 atom stereocenters. The summed E-state index contributed by atoms with van der Waals surface area (Å²) in [5.41, 5.74) is -0.163. The van der Waals surface area contributed by atoms with Crippen molar-refractivity contribution in [1.29, 1.82) is 0 Å². The predicted molar refractivity (Wildman–Crippen MR) is 79.6 cm³/mol. The molecule has 0 saturated heterocycles. The van der Waals surface area contributed by atoms with Gasteiger partial charge < -0.3 is 10.4 Å². The van der Waals surface area contributed by atoms with Crippen LogP contribution in [0.5, 0.6) is 0 Å². The number of hydrogen-bond acceptors (Lipinski definition) is 2. The molecule has 0 spiro atoms. The van der Waals surface area contributed by atoms with Crippen LogP contribution in [-0.4, -0.2) is 23.5 Å². The Morgan fingerprint density at radius 1 is 1.14 bits per heavy atom. The van der Waals surface area contributed by atoms with E-state index in [4.69, 9.17) is 0 Å². The summed E-state index contributed by atoms with van der Waals surface area (Å²) in [5, 5.41) is 12.2. The number of hydrogen-bond donors (Lipinski definition) is 2. The number of carboxylic acids is 1. The van der Waals surface area contributed by atoms with Gasteiger partial charge in [0.1, 0.15) is 0 Å². The van der Waals surface area contributed by atoms with Gasteiger partial charge in [-0.3, -0.25) is 9.59 Å². The molecule has 21 heavy (non-hydrogen) atoms. The Morgan fingerprint density at radius 2 is 1.67 bits per heavy atom. The molecule has 4 fully saturated rings. The van der Waals surface area contributed by atoms with E-state index in [1.165, 1.54) is 19.3 Å². The van der Waals surface area contributed by atoms with Crippen molar-refractivity contribution in [2.45, 2.75) is 58.3 Å². The molecular formula is C17H27NO3. The van der Waals surface area contributed by atoms with Crippen molar-refractivity contribution < 1.29 is 14.7 Å². The summed E-state index contributed by atoms with van der Waals surface area (Å²) in [5.74, 6) is 1.15. The molecule has 0 aromatic heterocycles. The first-order valence-electron chi connectivity index (χ1n) is 8.53. The van der Waals surface area contributed by atoms with E-state index >= 15 is 0 Å². The van der Waals surface area contributed by atoms with Crippen LogP contribution in [0.1, 0.15) is 58.3 Å². The van der Waals surface area contributed by atoms with Crippen LogP contribution in [0, 0.1) is 29.1 Å². The maximum absolute atomic E-state index is 12.7. The predicted octanol–water partition coefficient (Wildman–Crippen LogP) is 2.82. The molecule has 0 heterocycles. The van der Waals surface area contributed by atoms with Gasteiger partial charge in [0, 0.05) is 12.0 Å². The fourth-order valence-corrected chi connectivity index (χ4v) is 5.45. The van der Waals surface area contributed by atoms with Gasteiger partial charge in [-0.05, 0) is 62.7 Å². The van der Waals surface area contributed by atoms with E-state index in [2.05, 4.69) is 5.32 Å². The summed E-state index contributed by atoms with van der Waals surface area (Å²) in [4.78, 5) is 23.9. The van der Waals surface area contributed by atoms with Gasteiger partial charge in [-0.15, -0.1) is 0 Å². The fourth-order valence-electron chi connectivity index (χ4n) is 5.45. The third-order valence-electron chi connectivity index (χ3n) is 6.02. The normalized spacial score (nSPS) is 38.2. The second kappa shape index (κ2) is 5.62. The van der Waals surface area contributed by atoms with E-state index in [1.807, 2.05) is 6.92 Å². The Labute approximate surface area is 126 Å². The highest BCUT2D eigenvalue weighted by molar-refractivity contribution is 5.83. The van der Waals surface area contributed by atoms with Crippen LogP contribution in [0.4, 0.5) is 0 Å². The van der Waals surface area contributed by atoms with E-state index in [9.17, 15) is 14.7 Å². The minimum Gasteiger partial charge on any atom is -0.481 e. The second-order valence-electron chi connectivity index (χ2n) is 7.73. The molecule has 1 unspecified atom stereocenters. The van der Waals surface area contributed by atoms with E-state index in [1.54, 1.807) is 0 Å². The van der Waals surface area contributed by atoms with Crippen LogP contribution in [-0.2, 0) is 9.59 Å². The van der Waals surface area contributed by atoms with Crippen LogP contribution in [0.15, 0.2) is 0 Å². The summed E-state index contributed by atoms with van der Waals surface area (Å²) in [6, 6.07) is 0. The van der Waals surface area contributed by atoms with Crippen molar-refractivity contribution in [2.75, 3.05) is 6.54 Å². The molecule has 2 N–H and O–H groups in total. The quantitative estimate of drug-likeness (QED) is 0.791. The first-order chi connectivity index (χ1) is 10.0. The maximum Gasteiger partial charge on any atom is 0.308 e. The zero-order chi connectivity index (χ0) is 15.0. The first kappa shape index (κ1) is 14.9. The molecular weight excluding hydrogens is 266 g/mol. The standard InChI is InChI=1S/C17H27NO3/c1-2-3-14(15(19)20)10-18-16(21)17-7-11-4-12(8-17)6-13(5-11)9-17/h11-14H,2-10H2,1H3,(H,18,21)(H,19,20). The molecule has 118 valence electrons. The number of carbonyl (C=O) groups is 2.